The molecule has 0 fully saturated rings. The summed E-state index contributed by atoms with van der Waals surface area (Å²) >= 11 is 0. The van der Waals surface area contributed by atoms with E-state index in [4.69, 9.17) is 4.74 Å². The van der Waals surface area contributed by atoms with Crippen molar-refractivity contribution in [1.29, 1.82) is 0 Å². The van der Waals surface area contributed by atoms with Crippen LogP contribution in [0.4, 0.5) is 10.2 Å². The van der Waals surface area contributed by atoms with E-state index < -0.39 is 29.8 Å². The van der Waals surface area contributed by atoms with Gasteiger partial charge in [0.25, 0.3) is 11.8 Å². The number of fused-ring (bicyclic) bond motifs is 2. The Hall–Kier alpha value is -3.69. The first-order valence-corrected chi connectivity index (χ1v) is 9.03. The molecule has 2 bridgehead atoms. The maximum Gasteiger partial charge on any atom is 0.262 e. The number of aromatic nitrogens is 3. The summed E-state index contributed by atoms with van der Waals surface area (Å²) < 4.78 is 21.3. The molecule has 0 saturated carbocycles. The Labute approximate surface area is 165 Å². The molecule has 3 aromatic rings. The quantitative estimate of drug-likeness (QED) is 0.570. The van der Waals surface area contributed by atoms with Crippen molar-refractivity contribution >= 4 is 23.3 Å². The summed E-state index contributed by atoms with van der Waals surface area (Å²) in [4.78, 5) is 29.4. The molecular formula is C19H19FN6O3. The van der Waals surface area contributed by atoms with Crippen LogP contribution in [0.5, 0.6) is 5.75 Å². The Bertz CT molecular complexity index is 1100. The van der Waals surface area contributed by atoms with Crippen LogP contribution < -0.4 is 20.7 Å². The fraction of sp³-hybridized carbons (Fsp3) is 0.263. The second-order valence-electron chi connectivity index (χ2n) is 6.62. The van der Waals surface area contributed by atoms with E-state index in [1.807, 2.05) is 6.92 Å². The third kappa shape index (κ3) is 3.56. The number of carbonyl (C=O) groups is 2. The summed E-state index contributed by atoms with van der Waals surface area (Å²) in [6, 6.07) is 5.37. The highest BCUT2D eigenvalue weighted by atomic mass is 19.1. The van der Waals surface area contributed by atoms with E-state index in [9.17, 15) is 14.0 Å². The average Bonchev–Trinajstić information content (AvgIpc) is 3.14. The van der Waals surface area contributed by atoms with Gasteiger partial charge in [-0.1, -0.05) is 0 Å². The van der Waals surface area contributed by atoms with Gasteiger partial charge in [-0.2, -0.15) is 5.10 Å². The molecule has 1 aliphatic heterocycles. The van der Waals surface area contributed by atoms with E-state index >= 15 is 0 Å². The molecule has 1 aromatic carbocycles. The lowest BCUT2D eigenvalue weighted by molar-refractivity contribution is -0.127. The Balaban J connectivity index is 1.83. The van der Waals surface area contributed by atoms with Crippen molar-refractivity contribution in [2.24, 2.45) is 0 Å². The van der Waals surface area contributed by atoms with Crippen LogP contribution in [0.25, 0.3) is 5.65 Å². The summed E-state index contributed by atoms with van der Waals surface area (Å²) in [6.07, 6.45) is 2.07. The number of likely N-dealkylation sites (N-methyl/N-ethyl adjacent to an activating group) is 1. The predicted molar refractivity (Wildman–Crippen MR) is 102 cm³/mol. The number of carbonyl (C=O) groups excluding carboxylic acids is 2. The van der Waals surface area contributed by atoms with Crippen LogP contribution in [-0.4, -0.2) is 46.1 Å². The van der Waals surface area contributed by atoms with E-state index in [1.165, 1.54) is 36.0 Å². The van der Waals surface area contributed by atoms with Gasteiger partial charge in [0, 0.05) is 18.8 Å². The summed E-state index contributed by atoms with van der Waals surface area (Å²) in [5, 5.41) is 12.5. The number of benzene rings is 1. The fourth-order valence-corrected chi connectivity index (χ4v) is 3.16. The molecule has 9 nitrogen and oxygen atoms in total. The summed E-state index contributed by atoms with van der Waals surface area (Å²) in [5.41, 5.74) is 1.13. The van der Waals surface area contributed by atoms with Crippen molar-refractivity contribution in [2.45, 2.75) is 19.1 Å². The minimum Gasteiger partial charge on any atom is -0.478 e. The number of hydrogen-bond acceptors (Lipinski definition) is 6. The number of nitrogens with one attached hydrogen (secondary N) is 3. The van der Waals surface area contributed by atoms with Crippen LogP contribution in [0.15, 0.2) is 36.7 Å². The van der Waals surface area contributed by atoms with Gasteiger partial charge in [0.05, 0.1) is 18.8 Å². The van der Waals surface area contributed by atoms with Crippen LogP contribution in [0.2, 0.25) is 0 Å². The zero-order chi connectivity index (χ0) is 20.5. The van der Waals surface area contributed by atoms with Gasteiger partial charge in [-0.25, -0.2) is 13.9 Å². The largest absolute Gasteiger partial charge is 0.478 e. The van der Waals surface area contributed by atoms with Crippen LogP contribution >= 0.6 is 0 Å². The van der Waals surface area contributed by atoms with Crippen molar-refractivity contribution in [1.82, 2.24) is 25.2 Å². The van der Waals surface area contributed by atoms with Gasteiger partial charge in [-0.3, -0.25) is 9.59 Å². The molecule has 3 heterocycles. The number of amides is 2. The van der Waals surface area contributed by atoms with E-state index in [0.29, 0.717) is 22.8 Å². The number of ether oxygens (including phenoxy) is 1. The molecule has 150 valence electrons. The summed E-state index contributed by atoms with van der Waals surface area (Å²) in [7, 11) is 1.47. The molecule has 2 amide bonds. The standard InChI is InChI=1S/C19H19FN6O3/c1-10-12-7-11(20)3-4-14(12)29-15(19(28)21-2)9-22-18(27)13-8-23-26-6-5-16(24-10)25-17(13)26/h3-8,10,15H,9H2,1-2H3,(H,21,28)(H,22,27)(H,24,25)/t10-,15-/m1/s1. The molecule has 0 aliphatic carbocycles. The van der Waals surface area contributed by atoms with Crippen molar-refractivity contribution < 1.29 is 18.7 Å². The third-order valence-corrected chi connectivity index (χ3v) is 4.67. The smallest absolute Gasteiger partial charge is 0.262 e. The van der Waals surface area contributed by atoms with Crippen LogP contribution in [-0.2, 0) is 4.79 Å². The molecule has 0 radical (unpaired) electrons. The minimum atomic E-state index is -1.01. The lowest BCUT2D eigenvalue weighted by Gasteiger charge is -2.23. The Kier molecular flexibility index (Phi) is 4.75. The molecular weight excluding hydrogens is 379 g/mol. The summed E-state index contributed by atoms with van der Waals surface area (Å²) in [5.74, 6) is -0.477. The van der Waals surface area contributed by atoms with Crippen LogP contribution in [0.1, 0.15) is 28.9 Å². The normalized spacial score (nSPS) is 19.1. The van der Waals surface area contributed by atoms with E-state index in [2.05, 4.69) is 26.0 Å². The number of rotatable bonds is 1. The third-order valence-electron chi connectivity index (χ3n) is 4.67. The molecule has 4 rings (SSSR count). The Morgan fingerprint density at radius 3 is 3.00 bits per heavy atom. The maximum absolute atomic E-state index is 13.9. The van der Waals surface area contributed by atoms with Gasteiger partial charge in [-0.15, -0.1) is 0 Å². The van der Waals surface area contributed by atoms with E-state index in [-0.39, 0.29) is 12.1 Å². The average molecular weight is 398 g/mol. The Morgan fingerprint density at radius 1 is 1.38 bits per heavy atom. The zero-order valence-electron chi connectivity index (χ0n) is 15.8. The van der Waals surface area contributed by atoms with Crippen LogP contribution in [0, 0.1) is 5.82 Å². The van der Waals surface area contributed by atoms with Crippen molar-refractivity contribution in [3.05, 3.63) is 53.6 Å². The second-order valence-corrected chi connectivity index (χ2v) is 6.62. The first kappa shape index (κ1) is 18.7. The first-order valence-electron chi connectivity index (χ1n) is 9.03. The van der Waals surface area contributed by atoms with Crippen molar-refractivity contribution in [3.63, 3.8) is 0 Å². The molecule has 1 aliphatic rings. The maximum atomic E-state index is 13.9. The van der Waals surface area contributed by atoms with Gasteiger partial charge in [0.2, 0.25) is 0 Å². The number of hydrogen-bond donors (Lipinski definition) is 3. The highest BCUT2D eigenvalue weighted by Crippen LogP contribution is 2.29. The van der Waals surface area contributed by atoms with Gasteiger partial charge in [0.15, 0.2) is 11.8 Å². The molecule has 10 heteroatoms. The van der Waals surface area contributed by atoms with Crippen molar-refractivity contribution in [2.75, 3.05) is 18.9 Å². The molecule has 2 aromatic heterocycles. The number of nitrogens with zero attached hydrogens (tertiary/aromatic N) is 3. The molecule has 29 heavy (non-hydrogen) atoms. The van der Waals surface area contributed by atoms with Gasteiger partial charge >= 0.3 is 0 Å². The molecule has 0 saturated heterocycles. The molecule has 0 spiro atoms. The Morgan fingerprint density at radius 2 is 2.21 bits per heavy atom. The fourth-order valence-electron chi connectivity index (χ4n) is 3.16. The van der Waals surface area contributed by atoms with Crippen molar-refractivity contribution in [3.8, 4) is 5.75 Å². The van der Waals surface area contributed by atoms with E-state index in [0.717, 1.165) is 0 Å². The van der Waals surface area contributed by atoms with E-state index in [1.54, 1.807) is 12.3 Å². The lowest BCUT2D eigenvalue weighted by atomic mass is 10.1. The van der Waals surface area contributed by atoms with Gasteiger partial charge in [-0.05, 0) is 31.2 Å². The number of anilines is 1. The zero-order valence-corrected chi connectivity index (χ0v) is 15.8. The minimum absolute atomic E-state index is 0.0891. The predicted octanol–water partition coefficient (Wildman–Crippen LogP) is 1.28. The summed E-state index contributed by atoms with van der Waals surface area (Å²) in [6.45, 7) is 1.73. The molecule has 3 N–H and O–H groups in total. The highest BCUT2D eigenvalue weighted by molar-refractivity contribution is 6.00. The number of halogens is 1. The lowest BCUT2D eigenvalue weighted by Crippen LogP contribution is -2.45. The molecule has 2 atom stereocenters. The SMILES string of the molecule is CNC(=O)[C@H]1CNC(=O)c2cnn3ccc(nc23)N[C@H](C)c2cc(F)ccc2O1. The molecule has 0 unspecified atom stereocenters. The monoisotopic (exact) mass is 398 g/mol. The second kappa shape index (κ2) is 7.38. The van der Waals surface area contributed by atoms with Gasteiger partial charge < -0.3 is 20.7 Å². The van der Waals surface area contributed by atoms with Crippen LogP contribution in [0.3, 0.4) is 0 Å². The van der Waals surface area contributed by atoms with Gasteiger partial charge in [0.1, 0.15) is 22.9 Å². The first-order chi connectivity index (χ1) is 14.0. The topological polar surface area (TPSA) is 110 Å². The highest BCUT2D eigenvalue weighted by Gasteiger charge is 2.25.